The Labute approximate surface area is 139 Å². The van der Waals surface area contributed by atoms with E-state index in [1.165, 1.54) is 31.2 Å². The number of nitrogen functional groups attached to an aromatic ring is 1. The van der Waals surface area contributed by atoms with Crippen molar-refractivity contribution in [2.24, 2.45) is 0 Å². The van der Waals surface area contributed by atoms with Crippen molar-refractivity contribution in [2.75, 3.05) is 5.73 Å². The molecule has 5 nitrogen and oxygen atoms in total. The van der Waals surface area contributed by atoms with Gasteiger partial charge in [-0.15, -0.1) is 10.2 Å². The molecule has 0 bridgehead atoms. The maximum absolute atomic E-state index is 14.1. The van der Waals surface area contributed by atoms with Crippen molar-refractivity contribution in [1.82, 2.24) is 20.2 Å². The Morgan fingerprint density at radius 3 is 2.36 bits per heavy atom. The molecule has 25 heavy (non-hydrogen) atoms. The fourth-order valence-corrected chi connectivity index (χ4v) is 2.32. The van der Waals surface area contributed by atoms with Crippen LogP contribution in [0.2, 0.25) is 0 Å². The number of benzene rings is 1. The second-order valence-electron chi connectivity index (χ2n) is 5.23. The Bertz CT molecular complexity index is 940. The van der Waals surface area contributed by atoms with E-state index < -0.39 is 17.7 Å². The molecule has 3 aromatic rings. The van der Waals surface area contributed by atoms with Crippen molar-refractivity contribution < 1.29 is 17.6 Å². The SMILES string of the molecule is Cc1cc(-c2nnc(N)nc2-c2ccccc2F)cc(C(F)(F)F)n1. The van der Waals surface area contributed by atoms with Gasteiger partial charge in [0.1, 0.15) is 22.9 Å². The van der Waals surface area contributed by atoms with E-state index in [2.05, 4.69) is 20.2 Å². The van der Waals surface area contributed by atoms with Crippen molar-refractivity contribution in [3.63, 3.8) is 0 Å². The Morgan fingerprint density at radius 1 is 0.960 bits per heavy atom. The second-order valence-corrected chi connectivity index (χ2v) is 5.23. The Balaban J connectivity index is 2.26. The molecular formula is C16H11F4N5. The summed E-state index contributed by atoms with van der Waals surface area (Å²) in [6.07, 6.45) is -4.63. The van der Waals surface area contributed by atoms with E-state index in [9.17, 15) is 17.6 Å². The van der Waals surface area contributed by atoms with Crippen molar-refractivity contribution in [3.05, 3.63) is 53.6 Å². The van der Waals surface area contributed by atoms with Crippen molar-refractivity contribution in [2.45, 2.75) is 13.1 Å². The summed E-state index contributed by atoms with van der Waals surface area (Å²) in [4.78, 5) is 7.44. The van der Waals surface area contributed by atoms with Gasteiger partial charge < -0.3 is 5.73 Å². The van der Waals surface area contributed by atoms with Gasteiger partial charge in [-0.25, -0.2) is 14.4 Å². The maximum Gasteiger partial charge on any atom is 0.433 e. The average molecular weight is 349 g/mol. The lowest BCUT2D eigenvalue weighted by Gasteiger charge is -2.12. The third kappa shape index (κ3) is 3.39. The third-order valence-corrected chi connectivity index (χ3v) is 3.35. The topological polar surface area (TPSA) is 77.6 Å². The number of aromatic nitrogens is 4. The highest BCUT2D eigenvalue weighted by Crippen LogP contribution is 2.34. The van der Waals surface area contributed by atoms with Gasteiger partial charge in [0, 0.05) is 16.8 Å². The van der Waals surface area contributed by atoms with Gasteiger partial charge in [-0.2, -0.15) is 13.2 Å². The van der Waals surface area contributed by atoms with Crippen LogP contribution in [-0.4, -0.2) is 20.2 Å². The van der Waals surface area contributed by atoms with Crippen LogP contribution in [0.5, 0.6) is 0 Å². The molecule has 0 aliphatic heterocycles. The molecule has 2 N–H and O–H groups in total. The van der Waals surface area contributed by atoms with Gasteiger partial charge in [-0.3, -0.25) is 0 Å². The number of nitrogens with two attached hydrogens (primary N) is 1. The van der Waals surface area contributed by atoms with E-state index in [1.807, 2.05) is 0 Å². The first-order valence-corrected chi connectivity index (χ1v) is 7.07. The van der Waals surface area contributed by atoms with Gasteiger partial charge in [-0.1, -0.05) is 12.1 Å². The molecule has 2 aromatic heterocycles. The second kappa shape index (κ2) is 6.08. The Hall–Kier alpha value is -3.10. The monoisotopic (exact) mass is 349 g/mol. The molecule has 0 spiro atoms. The Kier molecular flexibility index (Phi) is 4.07. The van der Waals surface area contributed by atoms with E-state index in [-0.39, 0.29) is 34.2 Å². The van der Waals surface area contributed by atoms with Gasteiger partial charge in [0.15, 0.2) is 0 Å². The highest BCUT2D eigenvalue weighted by molar-refractivity contribution is 5.78. The van der Waals surface area contributed by atoms with Gasteiger partial charge in [-0.05, 0) is 31.2 Å². The summed E-state index contributed by atoms with van der Waals surface area (Å²) in [5.74, 6) is -0.825. The Morgan fingerprint density at radius 2 is 1.68 bits per heavy atom. The van der Waals surface area contributed by atoms with Crippen LogP contribution >= 0.6 is 0 Å². The quantitative estimate of drug-likeness (QED) is 0.715. The summed E-state index contributed by atoms with van der Waals surface area (Å²) in [6, 6.07) is 7.90. The molecule has 0 atom stereocenters. The summed E-state index contributed by atoms with van der Waals surface area (Å²) in [6.45, 7) is 1.42. The molecule has 0 fully saturated rings. The highest BCUT2D eigenvalue weighted by Gasteiger charge is 2.33. The van der Waals surface area contributed by atoms with Gasteiger partial charge in [0.05, 0.1) is 0 Å². The largest absolute Gasteiger partial charge is 0.433 e. The molecule has 0 saturated heterocycles. The predicted octanol–water partition coefficient (Wildman–Crippen LogP) is 3.65. The number of halogens is 4. The normalized spacial score (nSPS) is 11.6. The molecule has 0 aliphatic carbocycles. The maximum atomic E-state index is 14.1. The number of alkyl halides is 3. The summed E-state index contributed by atoms with van der Waals surface area (Å²) < 4.78 is 53.2. The van der Waals surface area contributed by atoms with Crippen LogP contribution in [0.1, 0.15) is 11.4 Å². The summed E-state index contributed by atoms with van der Waals surface area (Å²) in [7, 11) is 0. The van der Waals surface area contributed by atoms with Crippen molar-refractivity contribution in [1.29, 1.82) is 0 Å². The van der Waals surface area contributed by atoms with Crippen LogP contribution in [0, 0.1) is 12.7 Å². The first-order valence-electron chi connectivity index (χ1n) is 7.07. The number of nitrogens with zero attached hydrogens (tertiary/aromatic N) is 4. The minimum atomic E-state index is -4.63. The van der Waals surface area contributed by atoms with E-state index in [0.717, 1.165) is 6.07 Å². The highest BCUT2D eigenvalue weighted by atomic mass is 19.4. The fourth-order valence-electron chi connectivity index (χ4n) is 2.32. The molecule has 0 amide bonds. The predicted molar refractivity (Wildman–Crippen MR) is 82.6 cm³/mol. The molecule has 1 aromatic carbocycles. The summed E-state index contributed by atoms with van der Waals surface area (Å²) in [5, 5.41) is 7.42. The number of pyridine rings is 1. The molecule has 0 aliphatic rings. The molecule has 2 heterocycles. The minimum absolute atomic E-state index is 0.00400. The number of anilines is 1. The minimum Gasteiger partial charge on any atom is -0.366 e. The standard InChI is InChI=1S/C16H11F4N5/c1-8-6-9(7-12(22-8)16(18,19)20)13-14(23-15(21)25-24-13)10-4-2-3-5-11(10)17/h2-7H,1H3,(H2,21,23,25). The van der Waals surface area contributed by atoms with Crippen LogP contribution in [-0.2, 0) is 6.18 Å². The zero-order valence-electron chi connectivity index (χ0n) is 12.8. The van der Waals surface area contributed by atoms with Crippen LogP contribution in [0.25, 0.3) is 22.5 Å². The van der Waals surface area contributed by atoms with E-state index in [4.69, 9.17) is 5.73 Å². The average Bonchev–Trinajstić information content (AvgIpc) is 2.54. The first kappa shape index (κ1) is 16.7. The lowest BCUT2D eigenvalue weighted by Crippen LogP contribution is -2.10. The van der Waals surface area contributed by atoms with E-state index in [1.54, 1.807) is 6.07 Å². The lowest BCUT2D eigenvalue weighted by atomic mass is 10.0. The number of hydrogen-bond acceptors (Lipinski definition) is 5. The summed E-state index contributed by atoms with van der Waals surface area (Å²) >= 11 is 0. The zero-order valence-corrected chi connectivity index (χ0v) is 12.8. The number of rotatable bonds is 2. The first-order chi connectivity index (χ1) is 11.8. The fraction of sp³-hybridized carbons (Fsp3) is 0.125. The van der Waals surface area contributed by atoms with Crippen molar-refractivity contribution in [3.8, 4) is 22.5 Å². The van der Waals surface area contributed by atoms with E-state index >= 15 is 0 Å². The summed E-state index contributed by atoms with van der Waals surface area (Å²) in [5.41, 5.74) is 4.68. The molecule has 128 valence electrons. The van der Waals surface area contributed by atoms with Crippen LogP contribution < -0.4 is 5.73 Å². The zero-order chi connectivity index (χ0) is 18.2. The van der Waals surface area contributed by atoms with Gasteiger partial charge >= 0.3 is 6.18 Å². The smallest absolute Gasteiger partial charge is 0.366 e. The molecule has 0 saturated carbocycles. The molecule has 0 unspecified atom stereocenters. The molecule has 3 rings (SSSR count). The van der Waals surface area contributed by atoms with Gasteiger partial charge in [0.2, 0.25) is 5.95 Å². The van der Waals surface area contributed by atoms with Crippen LogP contribution in [0.15, 0.2) is 36.4 Å². The third-order valence-electron chi connectivity index (χ3n) is 3.35. The molecule has 9 heteroatoms. The van der Waals surface area contributed by atoms with Gasteiger partial charge in [0.25, 0.3) is 0 Å². The number of hydrogen-bond donors (Lipinski definition) is 1. The molecular weight excluding hydrogens is 338 g/mol. The van der Waals surface area contributed by atoms with Crippen molar-refractivity contribution >= 4 is 5.95 Å². The lowest BCUT2D eigenvalue weighted by molar-refractivity contribution is -0.141. The molecule has 0 radical (unpaired) electrons. The van der Waals surface area contributed by atoms with E-state index in [0.29, 0.717) is 0 Å². The number of aryl methyl sites for hydroxylation is 1. The van der Waals surface area contributed by atoms with Crippen LogP contribution in [0.3, 0.4) is 0 Å². The van der Waals surface area contributed by atoms with Crippen LogP contribution in [0.4, 0.5) is 23.5 Å².